The maximum absolute atomic E-state index is 6.07. The van der Waals surface area contributed by atoms with Crippen LogP contribution in [0, 0.1) is 18.9 Å². The molecule has 1 aromatic rings. The molecule has 0 bridgehead atoms. The zero-order chi connectivity index (χ0) is 10.7. The lowest BCUT2D eigenvalue weighted by Crippen LogP contribution is -2.02. The molecular weight excluding hydrogens is 192 g/mol. The highest BCUT2D eigenvalue weighted by Crippen LogP contribution is 2.25. The van der Waals surface area contributed by atoms with Crippen molar-refractivity contribution in [1.82, 2.24) is 0 Å². The first-order valence-electron chi connectivity index (χ1n) is 5.24. The number of benzene rings is 1. The van der Waals surface area contributed by atoms with Crippen molar-refractivity contribution in [3.63, 3.8) is 0 Å². The molecule has 77 valence electrons. The number of rotatable bonds is 3. The summed E-state index contributed by atoms with van der Waals surface area (Å²) >= 11 is 6.07. The van der Waals surface area contributed by atoms with Crippen molar-refractivity contribution in [2.75, 3.05) is 0 Å². The third-order valence-electron chi connectivity index (χ3n) is 2.54. The quantitative estimate of drug-likeness (QED) is 0.700. The molecule has 0 fully saturated rings. The van der Waals surface area contributed by atoms with Gasteiger partial charge in [-0.2, -0.15) is 0 Å². The molecule has 14 heavy (non-hydrogen) atoms. The molecule has 0 saturated carbocycles. The van der Waals surface area contributed by atoms with E-state index in [0.29, 0.717) is 5.92 Å². The first-order valence-corrected chi connectivity index (χ1v) is 5.62. The summed E-state index contributed by atoms with van der Waals surface area (Å²) in [6.07, 6.45) is 2.18. The number of hydrogen-bond acceptors (Lipinski definition) is 0. The number of hydrogen-bond donors (Lipinski definition) is 0. The summed E-state index contributed by atoms with van der Waals surface area (Å²) in [6, 6.07) is 5.13. The second-order valence-electron chi connectivity index (χ2n) is 4.18. The zero-order valence-electron chi connectivity index (χ0n) is 9.45. The molecule has 1 aromatic carbocycles. The van der Waals surface area contributed by atoms with Crippen LogP contribution in [0.5, 0.6) is 0 Å². The molecule has 0 aliphatic carbocycles. The molecule has 0 aliphatic heterocycles. The van der Waals surface area contributed by atoms with Crippen LogP contribution in [0.25, 0.3) is 0 Å². The van der Waals surface area contributed by atoms with Gasteiger partial charge < -0.3 is 0 Å². The van der Waals surface area contributed by atoms with Crippen LogP contribution in [-0.4, -0.2) is 0 Å². The molecule has 0 aliphatic rings. The van der Waals surface area contributed by atoms with Crippen LogP contribution in [-0.2, 0) is 12.8 Å². The lowest BCUT2D eigenvalue weighted by atomic mass is 9.93. The average molecular weight is 210 g/mol. The van der Waals surface area contributed by atoms with E-state index >= 15 is 0 Å². The molecule has 0 unspecified atom stereocenters. The summed E-state index contributed by atoms with van der Waals surface area (Å²) in [5.74, 6) is 0.678. The van der Waals surface area contributed by atoms with Gasteiger partial charge in [-0.3, -0.25) is 0 Å². The molecule has 1 heteroatoms. The Morgan fingerprint density at radius 1 is 1.43 bits per heavy atom. The maximum Gasteiger partial charge on any atom is 0.0517 e. The van der Waals surface area contributed by atoms with Gasteiger partial charge in [-0.15, -0.1) is 0 Å². The molecule has 0 aromatic heterocycles. The average Bonchev–Trinajstić information content (AvgIpc) is 2.13. The Morgan fingerprint density at radius 2 is 2.07 bits per heavy atom. The van der Waals surface area contributed by atoms with Gasteiger partial charge in [0.25, 0.3) is 0 Å². The van der Waals surface area contributed by atoms with Crippen LogP contribution in [0.2, 0.25) is 5.02 Å². The van der Waals surface area contributed by atoms with Gasteiger partial charge in [0.15, 0.2) is 0 Å². The second kappa shape index (κ2) is 4.84. The van der Waals surface area contributed by atoms with E-state index in [1.54, 1.807) is 0 Å². The van der Waals surface area contributed by atoms with E-state index in [1.165, 1.54) is 16.7 Å². The molecule has 0 N–H and O–H groups in total. The molecule has 1 radical (unpaired) electrons. The summed E-state index contributed by atoms with van der Waals surface area (Å²) in [7, 11) is 0. The molecular formula is C13H18Cl. The van der Waals surface area contributed by atoms with Crippen molar-refractivity contribution in [2.24, 2.45) is 5.92 Å². The van der Waals surface area contributed by atoms with Gasteiger partial charge in [-0.1, -0.05) is 32.4 Å². The Hall–Kier alpha value is -0.490. The summed E-state index contributed by atoms with van der Waals surface area (Å²) in [5, 5.41) is 0.776. The molecule has 1 rings (SSSR count). The van der Waals surface area contributed by atoms with Gasteiger partial charge in [0.1, 0.15) is 0 Å². The normalized spacial score (nSPS) is 11.0. The summed E-state index contributed by atoms with van der Waals surface area (Å²) in [4.78, 5) is 0. The minimum Gasteiger partial charge on any atom is -0.0834 e. The molecule has 0 amide bonds. The highest BCUT2D eigenvalue weighted by Gasteiger charge is 2.09. The van der Waals surface area contributed by atoms with Crippen molar-refractivity contribution in [3.8, 4) is 0 Å². The second-order valence-corrected chi connectivity index (χ2v) is 4.56. The van der Waals surface area contributed by atoms with Crippen molar-refractivity contribution >= 4 is 11.6 Å². The van der Waals surface area contributed by atoms with E-state index in [-0.39, 0.29) is 0 Å². The summed E-state index contributed by atoms with van der Waals surface area (Å²) < 4.78 is 0. The van der Waals surface area contributed by atoms with Crippen LogP contribution in [0.3, 0.4) is 0 Å². The predicted molar refractivity (Wildman–Crippen MR) is 62.9 cm³/mol. The van der Waals surface area contributed by atoms with Crippen LogP contribution >= 0.6 is 11.6 Å². The third kappa shape index (κ3) is 2.51. The van der Waals surface area contributed by atoms with E-state index in [1.807, 2.05) is 6.07 Å². The maximum atomic E-state index is 6.07. The Balaban J connectivity index is 3.14. The van der Waals surface area contributed by atoms with Crippen LogP contribution in [0.4, 0.5) is 0 Å². The van der Waals surface area contributed by atoms with Gasteiger partial charge in [-0.25, -0.2) is 0 Å². The van der Waals surface area contributed by atoms with Gasteiger partial charge >= 0.3 is 0 Å². The van der Waals surface area contributed by atoms with Gasteiger partial charge in [0.05, 0.1) is 5.02 Å². The Labute approximate surface area is 92.3 Å². The van der Waals surface area contributed by atoms with E-state index in [2.05, 4.69) is 33.8 Å². The monoisotopic (exact) mass is 209 g/mol. The minimum absolute atomic E-state index is 0.678. The summed E-state index contributed by atoms with van der Waals surface area (Å²) in [5.41, 5.74) is 4.02. The topological polar surface area (TPSA) is 0 Å². The largest absolute Gasteiger partial charge is 0.0834 e. The predicted octanol–water partition coefficient (Wildman–Crippen LogP) is 4.21. The Bertz CT molecular complexity index is 313. The molecule has 0 nitrogen and oxygen atoms in total. The van der Waals surface area contributed by atoms with Gasteiger partial charge in [-0.05, 0) is 48.4 Å². The van der Waals surface area contributed by atoms with Crippen molar-refractivity contribution in [2.45, 2.75) is 40.5 Å². The fourth-order valence-corrected chi connectivity index (χ4v) is 1.90. The minimum atomic E-state index is 0.678. The first kappa shape index (κ1) is 11.6. The molecule has 0 atom stereocenters. The van der Waals surface area contributed by atoms with Crippen LogP contribution < -0.4 is 0 Å². The first-order chi connectivity index (χ1) is 6.56. The van der Waals surface area contributed by atoms with Crippen LogP contribution in [0.15, 0.2) is 6.07 Å². The lowest BCUT2D eigenvalue weighted by Gasteiger charge is -2.14. The van der Waals surface area contributed by atoms with E-state index in [9.17, 15) is 0 Å². The fourth-order valence-electron chi connectivity index (χ4n) is 1.73. The smallest absolute Gasteiger partial charge is 0.0517 e. The molecule has 0 heterocycles. The lowest BCUT2D eigenvalue weighted by molar-refractivity contribution is 0.640. The van der Waals surface area contributed by atoms with Gasteiger partial charge in [0.2, 0.25) is 0 Å². The number of aryl methyl sites for hydroxylation is 1. The zero-order valence-corrected chi connectivity index (χ0v) is 10.2. The standard InChI is InChI=1S/C13H18Cl/c1-5-11-6-7-13(14)10(4)12(11)8-9(2)3/h6,9H,5,8H2,1-4H3. The van der Waals surface area contributed by atoms with Crippen molar-refractivity contribution in [1.29, 1.82) is 0 Å². The highest BCUT2D eigenvalue weighted by molar-refractivity contribution is 6.31. The number of halogens is 1. The van der Waals surface area contributed by atoms with Crippen LogP contribution in [0.1, 0.15) is 37.5 Å². The van der Waals surface area contributed by atoms with Crippen molar-refractivity contribution < 1.29 is 0 Å². The van der Waals surface area contributed by atoms with Gasteiger partial charge in [0, 0.05) is 6.07 Å². The SMILES string of the molecule is CCc1c[c]c(Cl)c(C)c1CC(C)C. The highest BCUT2D eigenvalue weighted by atomic mass is 35.5. The Morgan fingerprint density at radius 3 is 2.57 bits per heavy atom. The van der Waals surface area contributed by atoms with E-state index in [0.717, 1.165) is 17.9 Å². The third-order valence-corrected chi connectivity index (χ3v) is 2.93. The fraction of sp³-hybridized carbons (Fsp3) is 0.538. The summed E-state index contributed by atoms with van der Waals surface area (Å²) in [6.45, 7) is 8.75. The van der Waals surface area contributed by atoms with E-state index < -0.39 is 0 Å². The molecule has 0 spiro atoms. The van der Waals surface area contributed by atoms with E-state index in [4.69, 9.17) is 11.6 Å². The Kier molecular flexibility index (Phi) is 4.00. The molecule has 0 saturated heterocycles. The van der Waals surface area contributed by atoms with Crippen molar-refractivity contribution in [3.05, 3.63) is 33.8 Å².